The number of rotatable bonds is 3. The predicted octanol–water partition coefficient (Wildman–Crippen LogP) is 14.0. The Hall–Kier alpha value is -7.60. The molecule has 0 N–H and O–H groups in total. The molecule has 5 heterocycles. The van der Waals surface area contributed by atoms with E-state index in [2.05, 4.69) is 220 Å². The van der Waals surface area contributed by atoms with Crippen LogP contribution < -0.4 is 0 Å². The molecule has 5 heteroatoms. The second-order valence-corrected chi connectivity index (χ2v) is 17.3. The number of hydrogen-bond acceptors (Lipinski definition) is 2. The molecule has 2 aliphatic rings. The van der Waals surface area contributed by atoms with Crippen LogP contribution in [-0.4, -0.2) is 18.7 Å². The lowest BCUT2D eigenvalue weighted by atomic mass is 9.62. The summed E-state index contributed by atoms with van der Waals surface area (Å²) in [5, 5.41) is 5.07. The van der Waals surface area contributed by atoms with Crippen molar-refractivity contribution in [2.24, 2.45) is 0 Å². The van der Waals surface area contributed by atoms with E-state index in [-0.39, 0.29) is 0 Å². The molecule has 0 saturated heterocycles. The molecule has 284 valence electrons. The maximum Gasteiger partial charge on any atom is 0.145 e. The summed E-state index contributed by atoms with van der Waals surface area (Å²) in [6, 6.07) is 75.9. The number of fused-ring (bicyclic) bond motifs is 16. The Kier molecular flexibility index (Phi) is 6.67. The van der Waals surface area contributed by atoms with Gasteiger partial charge in [-0.25, -0.2) is 4.98 Å². The fourth-order valence-corrected chi connectivity index (χ4v) is 12.2. The summed E-state index contributed by atoms with van der Waals surface area (Å²) in [5.41, 5.74) is 16.2. The van der Waals surface area contributed by atoms with E-state index in [4.69, 9.17) is 4.98 Å². The van der Waals surface area contributed by atoms with E-state index in [1.54, 1.807) is 0 Å². The van der Waals surface area contributed by atoms with Gasteiger partial charge in [0.25, 0.3) is 0 Å². The van der Waals surface area contributed by atoms with Gasteiger partial charge in [-0.3, -0.25) is 4.57 Å². The number of hydrogen-bond donors (Lipinski definition) is 0. The van der Waals surface area contributed by atoms with Gasteiger partial charge in [-0.05, 0) is 95.1 Å². The van der Waals surface area contributed by atoms with Crippen molar-refractivity contribution in [1.29, 1.82) is 0 Å². The molecular formula is C56H34N4S. The second kappa shape index (κ2) is 12.2. The molecule has 61 heavy (non-hydrogen) atoms. The molecule has 1 spiro atoms. The van der Waals surface area contributed by atoms with Crippen LogP contribution in [0.15, 0.2) is 216 Å². The first-order valence-electron chi connectivity index (χ1n) is 20.9. The van der Waals surface area contributed by atoms with Gasteiger partial charge in [0.1, 0.15) is 5.82 Å². The third-order valence-corrected chi connectivity index (χ3v) is 14.5. The fraction of sp³-hybridized carbons (Fsp3) is 0.0179. The molecule has 0 amide bonds. The predicted molar refractivity (Wildman–Crippen MR) is 251 cm³/mol. The van der Waals surface area contributed by atoms with Crippen LogP contribution >= 0.6 is 11.8 Å². The van der Waals surface area contributed by atoms with Gasteiger partial charge in [-0.1, -0.05) is 145 Å². The molecule has 9 aromatic carbocycles. The fourth-order valence-electron chi connectivity index (χ4n) is 10.9. The summed E-state index contributed by atoms with van der Waals surface area (Å²) in [5.74, 6) is 0.926. The minimum absolute atomic E-state index is 0.562. The average Bonchev–Trinajstić information content (AvgIpc) is 4.00. The van der Waals surface area contributed by atoms with Crippen molar-refractivity contribution in [3.05, 3.63) is 229 Å². The Labute approximate surface area is 355 Å². The molecule has 0 fully saturated rings. The Bertz CT molecular complexity index is 3800. The lowest BCUT2D eigenvalue weighted by Crippen LogP contribution is -2.37. The van der Waals surface area contributed by atoms with Crippen molar-refractivity contribution in [3.8, 4) is 28.5 Å². The maximum absolute atomic E-state index is 5.19. The van der Waals surface area contributed by atoms with Crippen LogP contribution in [0.2, 0.25) is 0 Å². The van der Waals surface area contributed by atoms with Gasteiger partial charge in [0.05, 0.1) is 44.2 Å². The first-order valence-corrected chi connectivity index (χ1v) is 21.7. The first-order chi connectivity index (χ1) is 30.3. The van der Waals surface area contributed by atoms with Crippen LogP contribution in [0, 0.1) is 0 Å². The van der Waals surface area contributed by atoms with E-state index in [1.807, 2.05) is 11.8 Å². The second-order valence-electron chi connectivity index (χ2n) is 16.3. The highest BCUT2D eigenvalue weighted by Crippen LogP contribution is 2.62. The van der Waals surface area contributed by atoms with Crippen LogP contribution in [0.25, 0.3) is 83.1 Å². The minimum atomic E-state index is -0.562. The molecule has 0 aliphatic carbocycles. The Morgan fingerprint density at radius 3 is 1.80 bits per heavy atom. The van der Waals surface area contributed by atoms with E-state index in [9.17, 15) is 0 Å². The zero-order valence-electron chi connectivity index (χ0n) is 32.8. The van der Waals surface area contributed by atoms with Gasteiger partial charge < -0.3 is 9.13 Å². The molecule has 12 aromatic rings. The molecule has 0 bridgehead atoms. The van der Waals surface area contributed by atoms with Gasteiger partial charge in [-0.15, -0.1) is 0 Å². The highest BCUT2D eigenvalue weighted by molar-refractivity contribution is 7.99. The van der Waals surface area contributed by atoms with Crippen LogP contribution in [0.1, 0.15) is 22.3 Å². The summed E-state index contributed by atoms with van der Waals surface area (Å²) < 4.78 is 7.30. The Morgan fingerprint density at radius 2 is 0.984 bits per heavy atom. The molecular weight excluding hydrogens is 761 g/mol. The molecule has 4 nitrogen and oxygen atoms in total. The first kappa shape index (κ1) is 33.3. The van der Waals surface area contributed by atoms with Crippen molar-refractivity contribution in [3.63, 3.8) is 0 Å². The summed E-state index contributed by atoms with van der Waals surface area (Å²) >= 11 is 1.92. The Morgan fingerprint density at radius 1 is 0.377 bits per heavy atom. The quantitative estimate of drug-likeness (QED) is 0.178. The molecule has 2 aliphatic heterocycles. The lowest BCUT2D eigenvalue weighted by molar-refractivity contribution is 0.691. The number of imidazole rings is 1. The average molecular weight is 795 g/mol. The van der Waals surface area contributed by atoms with Crippen LogP contribution in [-0.2, 0) is 5.41 Å². The van der Waals surface area contributed by atoms with Gasteiger partial charge in [0.2, 0.25) is 0 Å². The summed E-state index contributed by atoms with van der Waals surface area (Å²) in [6.07, 6.45) is 0. The van der Waals surface area contributed by atoms with Crippen molar-refractivity contribution >= 4 is 66.4 Å². The highest BCUT2D eigenvalue weighted by atomic mass is 32.2. The SMILES string of the molecule is c1ccc(-n2c(-c3ccc(-n4c5ccccc5c5ccc6c(c54)Sc4ccccc4C64c5ccccc5-n5c6ccccc6c6cccc4c65)cc3)nc3ccccc32)cc1. The van der Waals surface area contributed by atoms with Gasteiger partial charge in [0.15, 0.2) is 0 Å². The zero-order chi connectivity index (χ0) is 39.8. The molecule has 0 saturated carbocycles. The van der Waals surface area contributed by atoms with Crippen LogP contribution in [0.4, 0.5) is 0 Å². The van der Waals surface area contributed by atoms with Gasteiger partial charge in [0, 0.05) is 48.3 Å². The third kappa shape index (κ3) is 4.28. The number of aromatic nitrogens is 4. The van der Waals surface area contributed by atoms with E-state index >= 15 is 0 Å². The number of nitrogens with zero attached hydrogens (tertiary/aromatic N) is 4. The van der Waals surface area contributed by atoms with Crippen LogP contribution in [0.5, 0.6) is 0 Å². The molecule has 0 radical (unpaired) electrons. The summed E-state index contributed by atoms with van der Waals surface area (Å²) in [6.45, 7) is 0. The van der Waals surface area contributed by atoms with E-state index in [0.717, 1.165) is 33.8 Å². The monoisotopic (exact) mass is 794 g/mol. The van der Waals surface area contributed by atoms with E-state index in [0.29, 0.717) is 0 Å². The molecule has 1 atom stereocenters. The minimum Gasteiger partial charge on any atom is -0.309 e. The molecule has 3 aromatic heterocycles. The highest BCUT2D eigenvalue weighted by Gasteiger charge is 2.50. The van der Waals surface area contributed by atoms with E-state index < -0.39 is 5.41 Å². The third-order valence-electron chi connectivity index (χ3n) is 13.3. The smallest absolute Gasteiger partial charge is 0.145 e. The van der Waals surface area contributed by atoms with Crippen molar-refractivity contribution < 1.29 is 0 Å². The largest absolute Gasteiger partial charge is 0.309 e. The van der Waals surface area contributed by atoms with Crippen LogP contribution in [0.3, 0.4) is 0 Å². The topological polar surface area (TPSA) is 27.7 Å². The summed E-state index contributed by atoms with van der Waals surface area (Å²) in [7, 11) is 0. The number of benzene rings is 9. The van der Waals surface area contributed by atoms with Gasteiger partial charge >= 0.3 is 0 Å². The molecule has 1 unspecified atom stereocenters. The molecule has 14 rings (SSSR count). The summed E-state index contributed by atoms with van der Waals surface area (Å²) in [4.78, 5) is 7.77. The van der Waals surface area contributed by atoms with E-state index in [1.165, 1.54) is 81.3 Å². The lowest BCUT2D eigenvalue weighted by Gasteiger charge is -2.45. The van der Waals surface area contributed by atoms with Crippen molar-refractivity contribution in [2.75, 3.05) is 0 Å². The van der Waals surface area contributed by atoms with Crippen molar-refractivity contribution in [2.45, 2.75) is 15.2 Å². The number of para-hydroxylation sites is 7. The normalized spacial score (nSPS) is 15.2. The van der Waals surface area contributed by atoms with Gasteiger partial charge in [-0.2, -0.15) is 0 Å². The zero-order valence-corrected chi connectivity index (χ0v) is 33.6. The maximum atomic E-state index is 5.19. The standard InChI is InChI=1S/C56H34N4S/c1-2-15-36(16-3-1)59-50-27-12-8-23-46(50)57-55(59)35-29-31-37(32-30-35)58-47-24-9-4-18-39(47)41-33-34-45-54(53(41)58)61-51-28-13-7-21-43(51)56(45)42-20-6-11-26-49(42)60-48-25-10-5-17-38(48)40-19-14-22-44(56)52(40)60/h1-34H. The Balaban J connectivity index is 1.06. The van der Waals surface area contributed by atoms with Crippen molar-refractivity contribution in [1.82, 2.24) is 18.7 Å².